The normalized spacial score (nSPS) is 15.9. The molecule has 34 heavy (non-hydrogen) atoms. The largest absolute Gasteiger partial charge is 0.497 e. The Bertz CT molecular complexity index is 1240. The Morgan fingerprint density at radius 2 is 1.62 bits per heavy atom. The zero-order chi connectivity index (χ0) is 23.3. The number of aryl methyl sites for hydroxylation is 1. The van der Waals surface area contributed by atoms with Gasteiger partial charge in [-0.15, -0.1) is 0 Å². The summed E-state index contributed by atoms with van der Waals surface area (Å²) in [7, 11) is 3.39. The van der Waals surface area contributed by atoms with Crippen LogP contribution in [0, 0.1) is 0 Å². The van der Waals surface area contributed by atoms with E-state index in [9.17, 15) is 0 Å². The minimum atomic E-state index is 0.101. The number of ether oxygens (including phenoxy) is 3. The molecule has 174 valence electrons. The molecule has 0 bridgehead atoms. The predicted octanol–water partition coefficient (Wildman–Crippen LogP) is 6.29. The summed E-state index contributed by atoms with van der Waals surface area (Å²) in [5.74, 6) is 3.32. The molecule has 0 unspecified atom stereocenters. The number of hydrogen-bond acceptors (Lipinski definition) is 4. The first-order valence-corrected chi connectivity index (χ1v) is 11.7. The molecule has 2 heterocycles. The molecule has 1 aliphatic rings. The maximum Gasteiger partial charge on any atom is 0.127 e. The summed E-state index contributed by atoms with van der Waals surface area (Å²) in [5, 5.41) is 0. The number of fused-ring (bicyclic) bond motifs is 1. The Labute approximate surface area is 201 Å². The quantitative estimate of drug-likeness (QED) is 0.329. The van der Waals surface area contributed by atoms with Crippen molar-refractivity contribution >= 4 is 0 Å². The van der Waals surface area contributed by atoms with E-state index in [-0.39, 0.29) is 6.04 Å². The molecule has 1 aromatic heterocycles. The first-order chi connectivity index (χ1) is 16.7. The van der Waals surface area contributed by atoms with E-state index in [0.29, 0.717) is 0 Å². The summed E-state index contributed by atoms with van der Waals surface area (Å²) in [6.45, 7) is 2.76. The van der Waals surface area contributed by atoms with Gasteiger partial charge in [-0.25, -0.2) is 0 Å². The first kappa shape index (κ1) is 22.1. The maximum atomic E-state index is 6.17. The fourth-order valence-electron chi connectivity index (χ4n) is 4.77. The van der Waals surface area contributed by atoms with Gasteiger partial charge in [0.2, 0.25) is 0 Å². The van der Waals surface area contributed by atoms with Crippen molar-refractivity contribution in [3.05, 3.63) is 108 Å². The van der Waals surface area contributed by atoms with Crippen LogP contribution < -0.4 is 14.2 Å². The second-order valence-electron chi connectivity index (χ2n) is 8.52. The number of methoxy groups -OCH3 is 2. The summed E-state index contributed by atoms with van der Waals surface area (Å²) in [4.78, 5) is 2.53. The third-order valence-corrected chi connectivity index (χ3v) is 6.37. The van der Waals surface area contributed by atoms with E-state index in [1.807, 2.05) is 48.5 Å². The van der Waals surface area contributed by atoms with Crippen LogP contribution in [0.3, 0.4) is 0 Å². The molecule has 0 radical (unpaired) electrons. The zero-order valence-corrected chi connectivity index (χ0v) is 19.7. The van der Waals surface area contributed by atoms with Crippen molar-refractivity contribution < 1.29 is 14.2 Å². The van der Waals surface area contributed by atoms with E-state index < -0.39 is 0 Å². The summed E-state index contributed by atoms with van der Waals surface area (Å²) in [6, 6.07) is 28.9. The van der Waals surface area contributed by atoms with Gasteiger partial charge in [0, 0.05) is 43.2 Å². The van der Waals surface area contributed by atoms with Crippen LogP contribution in [0.5, 0.6) is 23.0 Å². The van der Waals surface area contributed by atoms with Gasteiger partial charge in [0.05, 0.1) is 20.3 Å². The average molecular weight is 455 g/mol. The fourth-order valence-corrected chi connectivity index (χ4v) is 4.77. The van der Waals surface area contributed by atoms with E-state index in [1.165, 1.54) is 11.3 Å². The average Bonchev–Trinajstić information content (AvgIpc) is 3.26. The molecule has 0 saturated carbocycles. The Morgan fingerprint density at radius 3 is 2.44 bits per heavy atom. The lowest BCUT2D eigenvalue weighted by Crippen LogP contribution is -2.29. The number of nitrogens with zero attached hydrogens (tertiary/aromatic N) is 2. The van der Waals surface area contributed by atoms with Crippen LogP contribution in [0.1, 0.15) is 29.3 Å². The molecule has 0 spiro atoms. The number of rotatable bonds is 7. The summed E-state index contributed by atoms with van der Waals surface area (Å²) in [6.07, 6.45) is 3.26. The van der Waals surface area contributed by atoms with Crippen LogP contribution in [0.2, 0.25) is 0 Å². The summed E-state index contributed by atoms with van der Waals surface area (Å²) >= 11 is 0. The van der Waals surface area contributed by atoms with Gasteiger partial charge in [-0.2, -0.15) is 0 Å². The lowest BCUT2D eigenvalue weighted by atomic mass is 10.0. The van der Waals surface area contributed by atoms with Crippen molar-refractivity contribution in [2.45, 2.75) is 25.6 Å². The molecular weight excluding hydrogens is 424 g/mol. The van der Waals surface area contributed by atoms with Crippen molar-refractivity contribution in [1.29, 1.82) is 0 Å². The molecule has 1 aliphatic heterocycles. The van der Waals surface area contributed by atoms with Crippen LogP contribution in [0.15, 0.2) is 91.1 Å². The molecule has 4 aromatic rings. The maximum absolute atomic E-state index is 6.17. The highest BCUT2D eigenvalue weighted by molar-refractivity contribution is 5.42. The van der Waals surface area contributed by atoms with E-state index in [1.54, 1.807) is 14.2 Å². The van der Waals surface area contributed by atoms with Crippen LogP contribution in [0.4, 0.5) is 0 Å². The van der Waals surface area contributed by atoms with Crippen LogP contribution in [0.25, 0.3) is 0 Å². The van der Waals surface area contributed by atoms with Gasteiger partial charge in [0.15, 0.2) is 0 Å². The molecule has 0 amide bonds. The molecule has 0 aliphatic carbocycles. The molecule has 5 heteroatoms. The number of benzene rings is 3. The van der Waals surface area contributed by atoms with E-state index >= 15 is 0 Å². The van der Waals surface area contributed by atoms with Gasteiger partial charge in [-0.1, -0.05) is 36.4 Å². The Morgan fingerprint density at radius 1 is 0.765 bits per heavy atom. The molecule has 0 N–H and O–H groups in total. The molecule has 3 aromatic carbocycles. The number of para-hydroxylation sites is 1. The summed E-state index contributed by atoms with van der Waals surface area (Å²) in [5.41, 5.74) is 3.65. The molecule has 5 nitrogen and oxygen atoms in total. The van der Waals surface area contributed by atoms with Crippen molar-refractivity contribution in [1.82, 2.24) is 9.47 Å². The molecular formula is C29H30N2O3. The monoisotopic (exact) mass is 454 g/mol. The SMILES string of the molecule is COc1ccc(CN2CCCn3cccc3[C@H]2c2cccc(Oc3ccccc3)c2)c(OC)c1. The third kappa shape index (κ3) is 4.66. The molecule has 1 atom stereocenters. The molecule has 5 rings (SSSR count). The fraction of sp³-hybridized carbons (Fsp3) is 0.241. The van der Waals surface area contributed by atoms with Crippen molar-refractivity contribution in [2.75, 3.05) is 20.8 Å². The minimum absolute atomic E-state index is 0.101. The zero-order valence-electron chi connectivity index (χ0n) is 19.7. The predicted molar refractivity (Wildman–Crippen MR) is 134 cm³/mol. The first-order valence-electron chi connectivity index (χ1n) is 11.7. The Kier molecular flexibility index (Phi) is 6.54. The second-order valence-corrected chi connectivity index (χ2v) is 8.52. The number of hydrogen-bond donors (Lipinski definition) is 0. The smallest absolute Gasteiger partial charge is 0.127 e. The van der Waals surface area contributed by atoms with Crippen molar-refractivity contribution in [2.24, 2.45) is 0 Å². The number of aromatic nitrogens is 1. The van der Waals surface area contributed by atoms with Gasteiger partial charge in [0.1, 0.15) is 23.0 Å². The van der Waals surface area contributed by atoms with Crippen LogP contribution in [-0.2, 0) is 13.1 Å². The molecule has 0 saturated heterocycles. The van der Waals surface area contributed by atoms with Gasteiger partial charge in [0.25, 0.3) is 0 Å². The van der Waals surface area contributed by atoms with Crippen molar-refractivity contribution in [3.63, 3.8) is 0 Å². The lowest BCUT2D eigenvalue weighted by molar-refractivity contribution is 0.217. The standard InChI is InChI=1S/C29H30N2O3/c1-32-25-15-14-23(28(20-25)33-2)21-31-18-8-17-30-16-7-13-27(30)29(31)22-9-6-12-26(19-22)34-24-10-4-3-5-11-24/h3-7,9-16,19-20,29H,8,17-18,21H2,1-2H3/t29-/m1/s1. The van der Waals surface area contributed by atoms with Gasteiger partial charge in [-0.05, 0) is 54.4 Å². The highest BCUT2D eigenvalue weighted by Gasteiger charge is 2.28. The highest BCUT2D eigenvalue weighted by atomic mass is 16.5. The topological polar surface area (TPSA) is 35.9 Å². The van der Waals surface area contributed by atoms with Gasteiger partial charge in [-0.3, -0.25) is 4.90 Å². The third-order valence-electron chi connectivity index (χ3n) is 6.37. The van der Waals surface area contributed by atoms with Crippen LogP contribution >= 0.6 is 0 Å². The van der Waals surface area contributed by atoms with Gasteiger partial charge >= 0.3 is 0 Å². The van der Waals surface area contributed by atoms with Crippen molar-refractivity contribution in [3.8, 4) is 23.0 Å². The second kappa shape index (κ2) is 10.1. The minimum Gasteiger partial charge on any atom is -0.497 e. The van der Waals surface area contributed by atoms with Crippen LogP contribution in [-0.4, -0.2) is 30.2 Å². The Balaban J connectivity index is 1.51. The summed E-state index contributed by atoms with van der Waals surface area (Å²) < 4.78 is 19.7. The van der Waals surface area contributed by atoms with Gasteiger partial charge < -0.3 is 18.8 Å². The van der Waals surface area contributed by atoms with E-state index in [4.69, 9.17) is 14.2 Å². The highest BCUT2D eigenvalue weighted by Crippen LogP contribution is 2.36. The Hall–Kier alpha value is -3.70. The van der Waals surface area contributed by atoms with E-state index in [2.05, 4.69) is 52.1 Å². The molecule has 0 fully saturated rings. The van der Waals surface area contributed by atoms with E-state index in [0.717, 1.165) is 54.6 Å². The lowest BCUT2D eigenvalue weighted by Gasteiger charge is -2.31.